The molecule has 2 nitrogen and oxygen atoms in total. The maximum absolute atomic E-state index is 8.63. The van der Waals surface area contributed by atoms with E-state index >= 15 is 0 Å². The molecule has 0 aromatic rings. The number of hydrogen-bond acceptors (Lipinski definition) is 2. The molecule has 1 radical (unpaired) electrons. The van der Waals surface area contributed by atoms with Crippen LogP contribution in [0.1, 0.15) is 13.8 Å². The van der Waals surface area contributed by atoms with Crippen LogP contribution >= 0.6 is 0 Å². The Morgan fingerprint density at radius 2 is 2.12 bits per heavy atom. The lowest BCUT2D eigenvalue weighted by Crippen LogP contribution is -2.30. The molecule has 0 unspecified atom stereocenters. The fourth-order valence-electron chi connectivity index (χ4n) is 0.372. The summed E-state index contributed by atoms with van der Waals surface area (Å²) in [6, 6.07) is 0.436. The van der Waals surface area contributed by atoms with Gasteiger partial charge in [0.05, 0.1) is 6.10 Å². The number of rotatable bonds is 3. The standard InChI is InChI=1S/C6H14NO/c1-5(2)7-4-6(3)8/h5-8H,3-4H2,1-2H3/t6-/m1/s1. The van der Waals surface area contributed by atoms with Gasteiger partial charge in [-0.1, -0.05) is 13.8 Å². The Morgan fingerprint density at radius 1 is 1.62 bits per heavy atom. The van der Waals surface area contributed by atoms with Crippen LogP contribution < -0.4 is 5.32 Å². The molecule has 8 heavy (non-hydrogen) atoms. The lowest BCUT2D eigenvalue weighted by molar-refractivity contribution is 0.213. The first-order valence-corrected chi connectivity index (χ1v) is 2.87. The predicted octanol–water partition coefficient (Wildman–Crippen LogP) is 0.179. The first kappa shape index (κ1) is 7.92. The van der Waals surface area contributed by atoms with Crippen LogP contribution in [0.3, 0.4) is 0 Å². The second-order valence-electron chi connectivity index (χ2n) is 2.22. The van der Waals surface area contributed by atoms with E-state index in [0.29, 0.717) is 12.6 Å². The summed E-state index contributed by atoms with van der Waals surface area (Å²) in [6.07, 6.45) is -0.475. The van der Waals surface area contributed by atoms with Gasteiger partial charge in [-0.15, -0.1) is 0 Å². The van der Waals surface area contributed by atoms with Crippen molar-refractivity contribution >= 4 is 0 Å². The molecular weight excluding hydrogens is 102 g/mol. The van der Waals surface area contributed by atoms with Gasteiger partial charge in [-0.05, 0) is 6.92 Å². The Balaban J connectivity index is 2.93. The highest BCUT2D eigenvalue weighted by atomic mass is 16.3. The van der Waals surface area contributed by atoms with Gasteiger partial charge in [0.1, 0.15) is 0 Å². The van der Waals surface area contributed by atoms with Crippen molar-refractivity contribution < 1.29 is 5.11 Å². The van der Waals surface area contributed by atoms with Crippen molar-refractivity contribution in [3.05, 3.63) is 6.92 Å². The quantitative estimate of drug-likeness (QED) is 0.551. The zero-order chi connectivity index (χ0) is 6.57. The summed E-state index contributed by atoms with van der Waals surface area (Å²) in [4.78, 5) is 0. The van der Waals surface area contributed by atoms with Gasteiger partial charge in [-0.25, -0.2) is 0 Å². The first-order chi connectivity index (χ1) is 3.63. The third kappa shape index (κ3) is 5.92. The fraction of sp³-hybridized carbons (Fsp3) is 0.833. The largest absolute Gasteiger partial charge is 0.392 e. The summed E-state index contributed by atoms with van der Waals surface area (Å²) in [5, 5.41) is 11.7. The molecule has 0 rings (SSSR count). The fourth-order valence-corrected chi connectivity index (χ4v) is 0.372. The zero-order valence-corrected chi connectivity index (χ0v) is 5.52. The molecular formula is C6H14NO. The lowest BCUT2D eigenvalue weighted by Gasteiger charge is -2.08. The zero-order valence-electron chi connectivity index (χ0n) is 5.52. The van der Waals surface area contributed by atoms with E-state index < -0.39 is 6.10 Å². The van der Waals surface area contributed by atoms with Crippen molar-refractivity contribution in [3.8, 4) is 0 Å². The number of aliphatic hydroxyl groups excluding tert-OH is 1. The molecule has 49 valence electrons. The molecule has 0 bridgehead atoms. The van der Waals surface area contributed by atoms with Crippen LogP contribution in [0, 0.1) is 6.92 Å². The van der Waals surface area contributed by atoms with E-state index in [4.69, 9.17) is 5.11 Å². The molecule has 0 fully saturated rings. The van der Waals surface area contributed by atoms with Crippen LogP contribution in [0.4, 0.5) is 0 Å². The predicted molar refractivity (Wildman–Crippen MR) is 34.5 cm³/mol. The Hall–Kier alpha value is -0.0800. The van der Waals surface area contributed by atoms with Crippen molar-refractivity contribution in [2.75, 3.05) is 6.54 Å². The average Bonchev–Trinajstić information content (AvgIpc) is 1.61. The average molecular weight is 116 g/mol. The van der Waals surface area contributed by atoms with E-state index in [1.807, 2.05) is 13.8 Å². The minimum Gasteiger partial charge on any atom is -0.392 e. The van der Waals surface area contributed by atoms with Gasteiger partial charge >= 0.3 is 0 Å². The molecule has 0 aliphatic rings. The lowest BCUT2D eigenvalue weighted by atomic mass is 10.3. The van der Waals surface area contributed by atoms with Gasteiger partial charge < -0.3 is 10.4 Å². The molecule has 0 saturated carbocycles. The number of aliphatic hydroxyl groups is 1. The molecule has 0 aliphatic carbocycles. The monoisotopic (exact) mass is 116 g/mol. The van der Waals surface area contributed by atoms with E-state index in [-0.39, 0.29) is 0 Å². The smallest absolute Gasteiger partial charge is 0.0665 e. The van der Waals surface area contributed by atoms with E-state index in [2.05, 4.69) is 12.2 Å². The highest BCUT2D eigenvalue weighted by Gasteiger charge is 1.94. The molecule has 0 spiro atoms. The van der Waals surface area contributed by atoms with E-state index in [0.717, 1.165) is 0 Å². The van der Waals surface area contributed by atoms with Gasteiger partial charge in [-0.2, -0.15) is 0 Å². The van der Waals surface area contributed by atoms with Gasteiger partial charge in [0.25, 0.3) is 0 Å². The minimum absolute atomic E-state index is 0.436. The number of hydrogen-bond donors (Lipinski definition) is 2. The van der Waals surface area contributed by atoms with E-state index in [9.17, 15) is 0 Å². The third-order valence-electron chi connectivity index (χ3n) is 0.762. The van der Waals surface area contributed by atoms with E-state index in [1.54, 1.807) is 0 Å². The summed E-state index contributed by atoms with van der Waals surface area (Å²) in [5.74, 6) is 0. The van der Waals surface area contributed by atoms with Crippen LogP contribution in [0.25, 0.3) is 0 Å². The van der Waals surface area contributed by atoms with Gasteiger partial charge in [0, 0.05) is 12.6 Å². The van der Waals surface area contributed by atoms with Crippen molar-refractivity contribution in [2.24, 2.45) is 0 Å². The second kappa shape index (κ2) is 3.87. The van der Waals surface area contributed by atoms with Gasteiger partial charge in [0.15, 0.2) is 0 Å². The van der Waals surface area contributed by atoms with Crippen LogP contribution in [0.2, 0.25) is 0 Å². The molecule has 0 amide bonds. The highest BCUT2D eigenvalue weighted by Crippen LogP contribution is 1.78. The summed E-state index contributed by atoms with van der Waals surface area (Å²) >= 11 is 0. The maximum Gasteiger partial charge on any atom is 0.0665 e. The van der Waals surface area contributed by atoms with Crippen molar-refractivity contribution in [1.82, 2.24) is 5.32 Å². The van der Waals surface area contributed by atoms with Crippen molar-refractivity contribution in [1.29, 1.82) is 0 Å². The third-order valence-corrected chi connectivity index (χ3v) is 0.762. The molecule has 1 atom stereocenters. The summed E-state index contributed by atoms with van der Waals surface area (Å²) in [7, 11) is 0. The minimum atomic E-state index is -0.475. The molecule has 0 heterocycles. The Bertz CT molecular complexity index is 44.5. The molecule has 0 aromatic carbocycles. The summed E-state index contributed by atoms with van der Waals surface area (Å²) in [5.41, 5.74) is 0. The molecule has 2 N–H and O–H groups in total. The van der Waals surface area contributed by atoms with Gasteiger partial charge in [-0.3, -0.25) is 0 Å². The van der Waals surface area contributed by atoms with Gasteiger partial charge in [0.2, 0.25) is 0 Å². The molecule has 0 saturated heterocycles. The summed E-state index contributed by atoms with van der Waals surface area (Å²) in [6.45, 7) is 8.04. The highest BCUT2D eigenvalue weighted by molar-refractivity contribution is 4.62. The topological polar surface area (TPSA) is 32.3 Å². The molecule has 2 heteroatoms. The Morgan fingerprint density at radius 3 is 2.25 bits per heavy atom. The van der Waals surface area contributed by atoms with Crippen molar-refractivity contribution in [3.63, 3.8) is 0 Å². The Kier molecular flexibility index (Phi) is 3.83. The Labute approximate surface area is 50.9 Å². The first-order valence-electron chi connectivity index (χ1n) is 2.87. The summed E-state index contributed by atoms with van der Waals surface area (Å²) < 4.78 is 0. The number of nitrogens with one attached hydrogen (secondary N) is 1. The SMILES string of the molecule is [CH2][C@@H](O)CNC(C)C. The van der Waals surface area contributed by atoms with Crippen LogP contribution in [0.5, 0.6) is 0 Å². The maximum atomic E-state index is 8.63. The molecule has 0 aromatic heterocycles. The van der Waals surface area contributed by atoms with Crippen LogP contribution in [0.15, 0.2) is 0 Å². The normalized spacial score (nSPS) is 14.6. The second-order valence-corrected chi connectivity index (χ2v) is 2.22. The van der Waals surface area contributed by atoms with Crippen molar-refractivity contribution in [2.45, 2.75) is 26.0 Å². The molecule has 0 aliphatic heterocycles. The van der Waals surface area contributed by atoms with E-state index in [1.165, 1.54) is 0 Å². The van der Waals surface area contributed by atoms with Crippen LogP contribution in [-0.2, 0) is 0 Å². The van der Waals surface area contributed by atoms with Crippen LogP contribution in [-0.4, -0.2) is 23.8 Å².